The van der Waals surface area contributed by atoms with Gasteiger partial charge in [0.1, 0.15) is 6.10 Å². The van der Waals surface area contributed by atoms with Crippen molar-refractivity contribution < 1.29 is 14.3 Å². The van der Waals surface area contributed by atoms with Gasteiger partial charge in [-0.05, 0) is 19.8 Å². The molecular weight excluding hydrogens is 272 g/mol. The van der Waals surface area contributed by atoms with Crippen LogP contribution in [-0.2, 0) is 14.3 Å². The van der Waals surface area contributed by atoms with Crippen molar-refractivity contribution in [3.05, 3.63) is 0 Å². The first-order valence-electron chi connectivity index (χ1n) is 7.77. The summed E-state index contributed by atoms with van der Waals surface area (Å²) >= 11 is 0. The molecule has 2 aliphatic heterocycles. The Bertz CT molecular complexity index is 369. The average Bonchev–Trinajstić information content (AvgIpc) is 2.96. The van der Waals surface area contributed by atoms with Gasteiger partial charge in [0.2, 0.25) is 5.91 Å². The highest BCUT2D eigenvalue weighted by molar-refractivity contribution is 5.81. The normalized spacial score (nSPS) is 26.9. The van der Waals surface area contributed by atoms with Crippen LogP contribution in [0.1, 0.15) is 19.8 Å². The highest BCUT2D eigenvalue weighted by atomic mass is 16.5. The summed E-state index contributed by atoms with van der Waals surface area (Å²) < 4.78 is 5.66. The molecule has 2 heterocycles. The lowest BCUT2D eigenvalue weighted by molar-refractivity contribution is -0.144. The lowest BCUT2D eigenvalue weighted by Crippen LogP contribution is -2.53. The van der Waals surface area contributed by atoms with Crippen LogP contribution in [0.2, 0.25) is 0 Å². The molecule has 2 saturated heterocycles. The van der Waals surface area contributed by atoms with Gasteiger partial charge in [0.15, 0.2) is 0 Å². The van der Waals surface area contributed by atoms with Crippen LogP contribution in [0.3, 0.4) is 0 Å². The van der Waals surface area contributed by atoms with E-state index in [2.05, 4.69) is 10.2 Å². The van der Waals surface area contributed by atoms with Crippen LogP contribution < -0.4 is 11.1 Å². The lowest BCUT2D eigenvalue weighted by Gasteiger charge is -2.35. The van der Waals surface area contributed by atoms with Crippen molar-refractivity contribution in [2.24, 2.45) is 5.73 Å². The van der Waals surface area contributed by atoms with Crippen molar-refractivity contribution >= 4 is 11.8 Å². The maximum Gasteiger partial charge on any atom is 0.251 e. The summed E-state index contributed by atoms with van der Waals surface area (Å²) in [4.78, 5) is 27.8. The van der Waals surface area contributed by atoms with Crippen molar-refractivity contribution in [1.82, 2.24) is 15.1 Å². The van der Waals surface area contributed by atoms with Crippen LogP contribution in [-0.4, -0.2) is 79.6 Å². The van der Waals surface area contributed by atoms with Crippen LogP contribution in [0, 0.1) is 0 Å². The molecule has 21 heavy (non-hydrogen) atoms. The Morgan fingerprint density at radius 1 is 1.24 bits per heavy atom. The number of nitrogens with zero attached hydrogens (tertiary/aromatic N) is 2. The molecule has 7 nitrogen and oxygen atoms in total. The predicted octanol–water partition coefficient (Wildman–Crippen LogP) is -1.23. The van der Waals surface area contributed by atoms with Gasteiger partial charge in [0.25, 0.3) is 5.91 Å². The number of hydrogen-bond donors (Lipinski definition) is 2. The molecule has 0 aromatic heterocycles. The number of likely N-dealkylation sites (N-methyl/N-ethyl adjacent to an activating group) is 1. The number of ether oxygens (including phenoxy) is 1. The molecule has 0 aliphatic carbocycles. The number of carbonyl (C=O) groups excluding carboxylic acids is 2. The molecule has 2 unspecified atom stereocenters. The second-order valence-electron chi connectivity index (χ2n) is 5.61. The van der Waals surface area contributed by atoms with Gasteiger partial charge in [0.05, 0.1) is 12.6 Å². The molecule has 3 N–H and O–H groups in total. The van der Waals surface area contributed by atoms with E-state index in [0.29, 0.717) is 32.7 Å². The van der Waals surface area contributed by atoms with Gasteiger partial charge >= 0.3 is 0 Å². The molecule has 0 saturated carbocycles. The Balaban J connectivity index is 1.73. The average molecular weight is 298 g/mol. The molecule has 2 fully saturated rings. The summed E-state index contributed by atoms with van der Waals surface area (Å²) in [7, 11) is 0. The smallest absolute Gasteiger partial charge is 0.251 e. The van der Waals surface area contributed by atoms with Crippen LogP contribution in [0.5, 0.6) is 0 Å². The van der Waals surface area contributed by atoms with E-state index in [4.69, 9.17) is 10.5 Å². The minimum absolute atomic E-state index is 0.0259. The van der Waals surface area contributed by atoms with Crippen molar-refractivity contribution in [1.29, 1.82) is 0 Å². The van der Waals surface area contributed by atoms with Crippen LogP contribution in [0.25, 0.3) is 0 Å². The SMILES string of the molecule is CCNC(=O)CN1CCN(C(=O)C2CCC(CN)O2)CC1. The number of piperazine rings is 1. The fourth-order valence-electron chi connectivity index (χ4n) is 2.85. The molecule has 2 rings (SSSR count). The maximum absolute atomic E-state index is 12.4. The Hall–Kier alpha value is -1.18. The van der Waals surface area contributed by atoms with E-state index < -0.39 is 0 Å². The van der Waals surface area contributed by atoms with Gasteiger partial charge in [-0.1, -0.05) is 0 Å². The zero-order valence-electron chi connectivity index (χ0n) is 12.7. The Morgan fingerprint density at radius 2 is 1.95 bits per heavy atom. The van der Waals surface area contributed by atoms with Gasteiger partial charge in [-0.25, -0.2) is 0 Å². The van der Waals surface area contributed by atoms with Crippen LogP contribution in [0.4, 0.5) is 0 Å². The van der Waals surface area contributed by atoms with Crippen LogP contribution in [0.15, 0.2) is 0 Å². The van der Waals surface area contributed by atoms with E-state index in [1.807, 2.05) is 11.8 Å². The zero-order valence-corrected chi connectivity index (χ0v) is 12.7. The van der Waals surface area contributed by atoms with Gasteiger partial charge < -0.3 is 20.7 Å². The van der Waals surface area contributed by atoms with E-state index in [0.717, 1.165) is 25.9 Å². The summed E-state index contributed by atoms with van der Waals surface area (Å²) in [5.74, 6) is 0.116. The summed E-state index contributed by atoms with van der Waals surface area (Å²) in [6.45, 7) is 6.22. The number of hydrogen-bond acceptors (Lipinski definition) is 5. The topological polar surface area (TPSA) is 87.9 Å². The molecule has 0 radical (unpaired) electrons. The fraction of sp³-hybridized carbons (Fsp3) is 0.857. The Kier molecular flexibility index (Phi) is 5.96. The molecule has 0 bridgehead atoms. The zero-order chi connectivity index (χ0) is 15.2. The number of carbonyl (C=O) groups is 2. The Labute approximate surface area is 125 Å². The molecule has 0 aromatic rings. The standard InChI is InChI=1S/C14H26N4O3/c1-2-16-13(19)10-17-5-7-18(8-6-17)14(20)12-4-3-11(9-15)21-12/h11-12H,2-10,15H2,1H3,(H,16,19). The molecule has 120 valence electrons. The van der Waals surface area contributed by atoms with Crippen molar-refractivity contribution in [2.75, 3.05) is 45.8 Å². The predicted molar refractivity (Wildman–Crippen MR) is 78.7 cm³/mol. The highest BCUT2D eigenvalue weighted by Gasteiger charge is 2.34. The van der Waals surface area contributed by atoms with E-state index in [9.17, 15) is 9.59 Å². The molecule has 2 atom stereocenters. The molecule has 7 heteroatoms. The first-order chi connectivity index (χ1) is 10.1. The molecule has 2 amide bonds. The third kappa shape index (κ3) is 4.39. The second-order valence-corrected chi connectivity index (χ2v) is 5.61. The molecule has 0 spiro atoms. The monoisotopic (exact) mass is 298 g/mol. The summed E-state index contributed by atoms with van der Waals surface area (Å²) in [6.07, 6.45) is 1.33. The maximum atomic E-state index is 12.4. The van der Waals surface area contributed by atoms with E-state index >= 15 is 0 Å². The number of nitrogens with one attached hydrogen (secondary N) is 1. The Morgan fingerprint density at radius 3 is 2.52 bits per heavy atom. The molecular formula is C14H26N4O3. The number of rotatable bonds is 5. The number of amides is 2. The van der Waals surface area contributed by atoms with Gasteiger partial charge in [-0.15, -0.1) is 0 Å². The van der Waals surface area contributed by atoms with Crippen molar-refractivity contribution in [3.8, 4) is 0 Å². The van der Waals surface area contributed by atoms with Crippen molar-refractivity contribution in [2.45, 2.75) is 32.0 Å². The van der Waals surface area contributed by atoms with Crippen LogP contribution >= 0.6 is 0 Å². The molecule has 0 aromatic carbocycles. The molecule has 2 aliphatic rings. The first-order valence-corrected chi connectivity index (χ1v) is 7.77. The van der Waals surface area contributed by atoms with Gasteiger partial charge in [0, 0.05) is 39.3 Å². The van der Waals surface area contributed by atoms with Crippen molar-refractivity contribution in [3.63, 3.8) is 0 Å². The minimum Gasteiger partial charge on any atom is -0.364 e. The lowest BCUT2D eigenvalue weighted by atomic mass is 10.1. The first kappa shape index (κ1) is 16.2. The minimum atomic E-state index is -0.325. The van der Waals surface area contributed by atoms with E-state index in [1.165, 1.54) is 0 Å². The van der Waals surface area contributed by atoms with Gasteiger partial charge in [-0.2, -0.15) is 0 Å². The quantitative estimate of drug-likeness (QED) is 0.664. The summed E-state index contributed by atoms with van der Waals surface area (Å²) in [6, 6.07) is 0. The van der Waals surface area contributed by atoms with E-state index in [1.54, 1.807) is 0 Å². The second kappa shape index (κ2) is 7.72. The van der Waals surface area contributed by atoms with E-state index in [-0.39, 0.29) is 24.0 Å². The third-order valence-corrected chi connectivity index (χ3v) is 4.07. The fourth-order valence-corrected chi connectivity index (χ4v) is 2.85. The third-order valence-electron chi connectivity index (χ3n) is 4.07. The number of nitrogens with two attached hydrogens (primary N) is 1. The van der Waals surface area contributed by atoms with Gasteiger partial charge in [-0.3, -0.25) is 14.5 Å². The summed E-state index contributed by atoms with van der Waals surface area (Å²) in [5, 5.41) is 2.79. The largest absolute Gasteiger partial charge is 0.364 e. The highest BCUT2D eigenvalue weighted by Crippen LogP contribution is 2.21. The summed E-state index contributed by atoms with van der Waals surface area (Å²) in [5.41, 5.74) is 5.57.